The Bertz CT molecular complexity index is 798. The summed E-state index contributed by atoms with van der Waals surface area (Å²) in [6.45, 7) is 1.96. The minimum Gasteiger partial charge on any atom is -0.493 e. The van der Waals surface area contributed by atoms with Crippen LogP contribution in [0.15, 0.2) is 18.5 Å². The van der Waals surface area contributed by atoms with E-state index >= 15 is 0 Å². The number of alkyl halides is 3. The summed E-state index contributed by atoms with van der Waals surface area (Å²) in [4.78, 5) is 11.0. The first-order valence-electron chi connectivity index (χ1n) is 9.00. The smallest absolute Gasteiger partial charge is 0.456 e. The lowest BCUT2D eigenvalue weighted by Crippen LogP contribution is -2.35. The van der Waals surface area contributed by atoms with Gasteiger partial charge in [-0.25, -0.2) is 9.97 Å². The molecule has 10 heteroatoms. The van der Waals surface area contributed by atoms with Crippen LogP contribution in [-0.4, -0.2) is 49.3 Å². The zero-order valence-electron chi connectivity index (χ0n) is 15.8. The van der Waals surface area contributed by atoms with E-state index in [-0.39, 0.29) is 11.9 Å². The van der Waals surface area contributed by atoms with Crippen molar-refractivity contribution in [3.05, 3.63) is 18.5 Å². The first-order valence-corrected chi connectivity index (χ1v) is 9.82. The Morgan fingerprint density at radius 1 is 1.14 bits per heavy atom. The molecule has 0 bridgehead atoms. The molecular weight excluding hydrogens is 393 g/mol. The van der Waals surface area contributed by atoms with E-state index in [2.05, 4.69) is 19.6 Å². The van der Waals surface area contributed by atoms with E-state index in [0.29, 0.717) is 24.0 Å². The summed E-state index contributed by atoms with van der Waals surface area (Å²) in [6.07, 6.45) is 4.09. The molecule has 1 aliphatic heterocycles. The number of hydrogen-bond donors (Lipinski definition) is 1. The second-order valence-corrected chi connectivity index (χ2v) is 7.54. The number of nitrogens with zero attached hydrogens (tertiary/aromatic N) is 3. The van der Waals surface area contributed by atoms with Crippen molar-refractivity contribution >= 4 is 28.7 Å². The fourth-order valence-electron chi connectivity index (χ4n) is 3.45. The SMILES string of the molecule is COc1cc2ncnc(N3CCC(CCNSC(F)(F)F)CC3)c2cc1OC. The van der Waals surface area contributed by atoms with Gasteiger partial charge in [0.25, 0.3) is 0 Å². The zero-order chi connectivity index (χ0) is 20.1. The number of methoxy groups -OCH3 is 2. The van der Waals surface area contributed by atoms with Crippen LogP contribution in [0.25, 0.3) is 10.9 Å². The summed E-state index contributed by atoms with van der Waals surface area (Å²) in [5.74, 6) is 2.48. The van der Waals surface area contributed by atoms with Crippen LogP contribution < -0.4 is 19.1 Å². The van der Waals surface area contributed by atoms with Crippen molar-refractivity contribution in [2.45, 2.75) is 24.8 Å². The topological polar surface area (TPSA) is 59.5 Å². The van der Waals surface area contributed by atoms with Gasteiger partial charge in [-0.05, 0) is 31.2 Å². The van der Waals surface area contributed by atoms with E-state index < -0.39 is 5.51 Å². The average molecular weight is 416 g/mol. The summed E-state index contributed by atoms with van der Waals surface area (Å²) in [6, 6.07) is 3.71. The van der Waals surface area contributed by atoms with Crippen LogP contribution in [0.3, 0.4) is 0 Å². The number of nitrogens with one attached hydrogen (secondary N) is 1. The molecule has 6 nitrogen and oxygen atoms in total. The van der Waals surface area contributed by atoms with Crippen molar-refractivity contribution < 1.29 is 22.6 Å². The van der Waals surface area contributed by atoms with Gasteiger partial charge in [-0.1, -0.05) is 0 Å². The predicted molar refractivity (Wildman–Crippen MR) is 104 cm³/mol. The van der Waals surface area contributed by atoms with Gasteiger partial charge in [-0.2, -0.15) is 13.2 Å². The molecule has 0 aliphatic carbocycles. The Morgan fingerprint density at radius 2 is 1.82 bits per heavy atom. The monoisotopic (exact) mass is 416 g/mol. The number of ether oxygens (including phenoxy) is 2. The van der Waals surface area contributed by atoms with Crippen molar-refractivity contribution in [1.82, 2.24) is 14.7 Å². The van der Waals surface area contributed by atoms with Crippen molar-refractivity contribution in [3.63, 3.8) is 0 Å². The van der Waals surface area contributed by atoms with Gasteiger partial charge >= 0.3 is 5.51 Å². The van der Waals surface area contributed by atoms with Gasteiger partial charge in [-0.15, -0.1) is 0 Å². The molecule has 0 spiro atoms. The number of halogens is 3. The number of aromatic nitrogens is 2. The molecule has 28 heavy (non-hydrogen) atoms. The zero-order valence-corrected chi connectivity index (χ0v) is 16.6. The number of rotatable bonds is 7. The molecule has 1 fully saturated rings. The Kier molecular flexibility index (Phi) is 6.71. The maximum Gasteiger partial charge on any atom is 0.456 e. The Morgan fingerprint density at radius 3 is 2.46 bits per heavy atom. The van der Waals surface area contributed by atoms with Gasteiger partial charge < -0.3 is 14.4 Å². The summed E-state index contributed by atoms with van der Waals surface area (Å²) < 4.78 is 49.6. The Hall–Kier alpha value is -1.94. The number of fused-ring (bicyclic) bond motifs is 1. The fourth-order valence-corrected chi connectivity index (χ4v) is 3.83. The molecule has 0 radical (unpaired) electrons. The van der Waals surface area contributed by atoms with E-state index in [1.54, 1.807) is 14.2 Å². The molecule has 1 saturated heterocycles. The third-order valence-electron chi connectivity index (χ3n) is 4.88. The number of piperidine rings is 1. The van der Waals surface area contributed by atoms with Crippen molar-refractivity contribution in [2.75, 3.05) is 38.8 Å². The summed E-state index contributed by atoms with van der Waals surface area (Å²) in [5.41, 5.74) is -3.46. The molecule has 1 aromatic carbocycles. The number of hydrogen-bond acceptors (Lipinski definition) is 7. The first-order chi connectivity index (χ1) is 13.4. The molecule has 2 heterocycles. The summed E-state index contributed by atoms with van der Waals surface area (Å²) in [7, 11) is 3.17. The molecule has 154 valence electrons. The van der Waals surface area contributed by atoms with Gasteiger partial charge in [0.1, 0.15) is 12.1 Å². The van der Waals surface area contributed by atoms with Crippen LogP contribution in [0.4, 0.5) is 19.0 Å². The highest BCUT2D eigenvalue weighted by Crippen LogP contribution is 2.36. The van der Waals surface area contributed by atoms with E-state index in [1.807, 2.05) is 12.1 Å². The quantitative estimate of drug-likeness (QED) is 0.541. The summed E-state index contributed by atoms with van der Waals surface area (Å²) in [5, 5.41) is 0.891. The molecule has 1 aliphatic rings. The van der Waals surface area contributed by atoms with E-state index in [9.17, 15) is 13.2 Å². The first kappa shape index (κ1) is 20.8. The minimum atomic E-state index is -4.23. The summed E-state index contributed by atoms with van der Waals surface area (Å²) >= 11 is -0.172. The Labute approximate surface area is 165 Å². The van der Waals surface area contributed by atoms with Crippen molar-refractivity contribution in [1.29, 1.82) is 0 Å². The lowest BCUT2D eigenvalue weighted by molar-refractivity contribution is -0.0336. The van der Waals surface area contributed by atoms with Crippen molar-refractivity contribution in [3.8, 4) is 11.5 Å². The predicted octanol–water partition coefficient (Wildman–Crippen LogP) is 4.01. The van der Waals surface area contributed by atoms with Crippen LogP contribution in [0, 0.1) is 5.92 Å². The largest absolute Gasteiger partial charge is 0.493 e. The second-order valence-electron chi connectivity index (χ2n) is 6.58. The highest BCUT2D eigenvalue weighted by molar-refractivity contribution is 7.98. The van der Waals surface area contributed by atoms with Crippen molar-refractivity contribution in [2.24, 2.45) is 5.92 Å². The van der Waals surface area contributed by atoms with Gasteiger partial charge in [0.15, 0.2) is 11.5 Å². The third-order valence-corrected chi connectivity index (χ3v) is 5.46. The average Bonchev–Trinajstić information content (AvgIpc) is 2.69. The Balaban J connectivity index is 1.63. The maximum absolute atomic E-state index is 12.2. The van der Waals surface area contributed by atoms with Gasteiger partial charge in [0.2, 0.25) is 0 Å². The molecule has 3 rings (SSSR count). The van der Waals surface area contributed by atoms with Gasteiger partial charge in [-0.3, -0.25) is 4.72 Å². The third kappa shape index (κ3) is 5.11. The molecule has 0 saturated carbocycles. The van der Waals surface area contributed by atoms with Gasteiger partial charge in [0, 0.05) is 43.0 Å². The molecule has 0 atom stereocenters. The normalized spacial score (nSPS) is 15.8. The van der Waals surface area contributed by atoms with Crippen LogP contribution in [-0.2, 0) is 0 Å². The van der Waals surface area contributed by atoms with Crippen LogP contribution >= 0.6 is 11.9 Å². The van der Waals surface area contributed by atoms with E-state index in [1.165, 1.54) is 6.33 Å². The van der Waals surface area contributed by atoms with Gasteiger partial charge in [0.05, 0.1) is 19.7 Å². The van der Waals surface area contributed by atoms with E-state index in [4.69, 9.17) is 9.47 Å². The maximum atomic E-state index is 12.2. The number of benzene rings is 1. The van der Waals surface area contributed by atoms with Crippen LogP contribution in [0.5, 0.6) is 11.5 Å². The minimum absolute atomic E-state index is 0.172. The van der Waals surface area contributed by atoms with Crippen LogP contribution in [0.2, 0.25) is 0 Å². The molecule has 0 amide bonds. The van der Waals surface area contributed by atoms with Crippen LogP contribution in [0.1, 0.15) is 19.3 Å². The standard InChI is InChI=1S/C18H23F3N4O2S/c1-26-15-9-13-14(10-16(15)27-2)22-11-23-17(13)25-7-4-12(5-8-25)3-6-24-28-18(19,20)21/h9-12,24H,3-8H2,1-2H3. The molecule has 1 aromatic heterocycles. The molecular formula is C18H23F3N4O2S. The lowest BCUT2D eigenvalue weighted by atomic mass is 9.93. The molecule has 1 N–H and O–H groups in total. The number of anilines is 1. The fraction of sp³-hybridized carbons (Fsp3) is 0.556. The highest BCUT2D eigenvalue weighted by atomic mass is 32.2. The molecule has 2 aromatic rings. The van der Waals surface area contributed by atoms with E-state index in [0.717, 1.165) is 49.1 Å². The second kappa shape index (κ2) is 9.04. The molecule has 0 unspecified atom stereocenters. The highest BCUT2D eigenvalue weighted by Gasteiger charge is 2.28. The lowest BCUT2D eigenvalue weighted by Gasteiger charge is -2.33.